The van der Waals surface area contributed by atoms with Crippen molar-refractivity contribution >= 4 is 46.4 Å². The van der Waals surface area contributed by atoms with Gasteiger partial charge in [0.25, 0.3) is 0 Å². The predicted molar refractivity (Wildman–Crippen MR) is 89.5 cm³/mol. The van der Waals surface area contributed by atoms with E-state index in [1.807, 2.05) is 0 Å². The first kappa shape index (κ1) is 16.9. The van der Waals surface area contributed by atoms with Gasteiger partial charge in [0.2, 0.25) is 5.91 Å². The van der Waals surface area contributed by atoms with E-state index >= 15 is 0 Å². The number of amides is 1. The van der Waals surface area contributed by atoms with Crippen LogP contribution in [0.4, 0.5) is 5.69 Å². The zero-order chi connectivity index (χ0) is 15.5. The molecule has 1 saturated heterocycles. The molecule has 1 amide bonds. The lowest BCUT2D eigenvalue weighted by atomic mass is 9.76. The van der Waals surface area contributed by atoms with Crippen molar-refractivity contribution < 1.29 is 4.79 Å². The van der Waals surface area contributed by atoms with Gasteiger partial charge >= 0.3 is 0 Å². The fraction of sp³-hybridized carbons (Fsp3) is 0.533. The summed E-state index contributed by atoms with van der Waals surface area (Å²) in [5, 5.41) is 7.38. The van der Waals surface area contributed by atoms with Crippen LogP contribution in [0.15, 0.2) is 12.1 Å². The summed E-state index contributed by atoms with van der Waals surface area (Å²) in [4.78, 5) is 12.8. The van der Waals surface area contributed by atoms with Gasteiger partial charge in [-0.25, -0.2) is 0 Å². The highest BCUT2D eigenvalue weighted by atomic mass is 35.5. The molecule has 1 heterocycles. The van der Waals surface area contributed by atoms with Gasteiger partial charge in [-0.1, -0.05) is 48.1 Å². The summed E-state index contributed by atoms with van der Waals surface area (Å²) < 4.78 is 0. The lowest BCUT2D eigenvalue weighted by Gasteiger charge is -2.36. The smallest absolute Gasteiger partial charge is 0.231 e. The Balaban J connectivity index is 2.23. The van der Waals surface area contributed by atoms with Crippen LogP contribution in [0.3, 0.4) is 0 Å². The molecule has 0 radical (unpaired) electrons. The van der Waals surface area contributed by atoms with Crippen molar-refractivity contribution in [3.05, 3.63) is 27.2 Å². The Bertz CT molecular complexity index is 499. The van der Waals surface area contributed by atoms with Crippen LogP contribution in [0.2, 0.25) is 15.1 Å². The Labute approximate surface area is 140 Å². The largest absolute Gasteiger partial charge is 0.323 e. The maximum absolute atomic E-state index is 12.8. The average Bonchev–Trinajstić information content (AvgIpc) is 2.44. The first-order valence-electron chi connectivity index (χ1n) is 7.15. The molecule has 0 aliphatic carbocycles. The van der Waals surface area contributed by atoms with Gasteiger partial charge in [0, 0.05) is 11.6 Å². The predicted octanol–water partition coefficient (Wildman–Crippen LogP) is 4.76. The lowest BCUT2D eigenvalue weighted by molar-refractivity contribution is -0.127. The van der Waals surface area contributed by atoms with E-state index in [1.54, 1.807) is 12.1 Å². The summed E-state index contributed by atoms with van der Waals surface area (Å²) in [6.07, 6.45) is 3.67. The lowest BCUT2D eigenvalue weighted by Crippen LogP contribution is -2.48. The summed E-state index contributed by atoms with van der Waals surface area (Å²) in [6.45, 7) is 3.74. The van der Waals surface area contributed by atoms with Crippen LogP contribution in [0.1, 0.15) is 32.6 Å². The van der Waals surface area contributed by atoms with Gasteiger partial charge in [0.15, 0.2) is 0 Å². The molecule has 1 fully saturated rings. The van der Waals surface area contributed by atoms with Crippen LogP contribution in [-0.2, 0) is 4.79 Å². The normalized spacial score (nSPS) is 22.1. The number of anilines is 1. The molecular formula is C15H19Cl3N2O. The van der Waals surface area contributed by atoms with E-state index in [2.05, 4.69) is 17.6 Å². The fourth-order valence-electron chi connectivity index (χ4n) is 2.87. The monoisotopic (exact) mass is 348 g/mol. The van der Waals surface area contributed by atoms with E-state index in [-0.39, 0.29) is 11.3 Å². The van der Waals surface area contributed by atoms with Crippen molar-refractivity contribution in [2.75, 3.05) is 18.4 Å². The minimum Gasteiger partial charge on any atom is -0.323 e. The van der Waals surface area contributed by atoms with E-state index in [4.69, 9.17) is 34.8 Å². The highest BCUT2D eigenvalue weighted by Crippen LogP contribution is 2.37. The summed E-state index contributed by atoms with van der Waals surface area (Å²) in [7, 11) is 0. The van der Waals surface area contributed by atoms with Gasteiger partial charge in [-0.05, 0) is 37.9 Å². The van der Waals surface area contributed by atoms with Gasteiger partial charge in [0.1, 0.15) is 0 Å². The van der Waals surface area contributed by atoms with E-state index < -0.39 is 0 Å². The van der Waals surface area contributed by atoms with Gasteiger partial charge in [-0.3, -0.25) is 4.79 Å². The summed E-state index contributed by atoms with van der Waals surface area (Å²) >= 11 is 18.2. The average molecular weight is 350 g/mol. The molecule has 2 N–H and O–H groups in total. The molecule has 1 atom stereocenters. The zero-order valence-electron chi connectivity index (χ0n) is 11.9. The number of carbonyl (C=O) groups excluding carboxylic acids is 1. The standard InChI is InChI=1S/C15H19Cl3N2O/c1-2-4-15(5-3-6-19-9-15)14(21)20-13-11(17)7-10(16)8-12(13)18/h7-8,19H,2-6,9H2,1H3,(H,20,21). The molecule has 1 unspecified atom stereocenters. The molecule has 1 aromatic carbocycles. The van der Waals surface area contributed by atoms with Crippen LogP contribution in [0, 0.1) is 5.41 Å². The summed E-state index contributed by atoms with van der Waals surface area (Å²) in [5.41, 5.74) is 0.0491. The second-order valence-electron chi connectivity index (χ2n) is 5.51. The topological polar surface area (TPSA) is 41.1 Å². The maximum atomic E-state index is 12.8. The van der Waals surface area contributed by atoms with Crippen LogP contribution >= 0.6 is 34.8 Å². The number of halogens is 3. The first-order valence-corrected chi connectivity index (χ1v) is 8.28. The molecule has 116 valence electrons. The SMILES string of the molecule is CCCC1(C(=O)Nc2c(Cl)cc(Cl)cc2Cl)CCCNC1. The second kappa shape index (κ2) is 7.19. The van der Waals surface area contributed by atoms with Gasteiger partial charge in [-0.2, -0.15) is 0 Å². The van der Waals surface area contributed by atoms with E-state index in [0.29, 0.717) is 27.3 Å². The highest BCUT2D eigenvalue weighted by molar-refractivity contribution is 6.42. The van der Waals surface area contributed by atoms with E-state index in [1.165, 1.54) is 0 Å². The number of hydrogen-bond donors (Lipinski definition) is 2. The Hall–Kier alpha value is -0.480. The molecule has 6 heteroatoms. The molecule has 1 aromatic rings. The van der Waals surface area contributed by atoms with Crippen LogP contribution in [0.25, 0.3) is 0 Å². The number of nitrogens with one attached hydrogen (secondary N) is 2. The Morgan fingerprint density at radius 3 is 2.52 bits per heavy atom. The molecule has 1 aliphatic heterocycles. The van der Waals surface area contributed by atoms with E-state index in [9.17, 15) is 4.79 Å². The van der Waals surface area contributed by atoms with Gasteiger partial charge in [0.05, 0.1) is 21.1 Å². The molecule has 0 saturated carbocycles. The molecule has 0 spiro atoms. The Kier molecular flexibility index (Phi) is 5.78. The third-order valence-electron chi connectivity index (χ3n) is 3.93. The summed E-state index contributed by atoms with van der Waals surface area (Å²) in [6, 6.07) is 3.16. The summed E-state index contributed by atoms with van der Waals surface area (Å²) in [5.74, 6) is -0.0253. The second-order valence-corrected chi connectivity index (χ2v) is 6.76. The van der Waals surface area contributed by atoms with Crippen molar-refractivity contribution in [3.8, 4) is 0 Å². The first-order chi connectivity index (χ1) is 9.98. The molecule has 0 aromatic heterocycles. The van der Waals surface area contributed by atoms with Gasteiger partial charge < -0.3 is 10.6 Å². The minimum absolute atomic E-state index is 0.0253. The zero-order valence-corrected chi connectivity index (χ0v) is 14.2. The maximum Gasteiger partial charge on any atom is 0.231 e. The number of benzene rings is 1. The fourth-order valence-corrected chi connectivity index (χ4v) is 3.79. The van der Waals surface area contributed by atoms with Crippen LogP contribution < -0.4 is 10.6 Å². The van der Waals surface area contributed by atoms with Crippen molar-refractivity contribution in [2.45, 2.75) is 32.6 Å². The molecule has 2 rings (SSSR count). The van der Waals surface area contributed by atoms with Crippen molar-refractivity contribution in [3.63, 3.8) is 0 Å². The molecule has 3 nitrogen and oxygen atoms in total. The Morgan fingerprint density at radius 2 is 2.00 bits per heavy atom. The minimum atomic E-state index is -0.390. The third-order valence-corrected chi connectivity index (χ3v) is 4.74. The number of carbonyl (C=O) groups is 1. The highest BCUT2D eigenvalue weighted by Gasteiger charge is 2.39. The Morgan fingerprint density at radius 1 is 1.33 bits per heavy atom. The van der Waals surface area contributed by atoms with Crippen molar-refractivity contribution in [2.24, 2.45) is 5.41 Å². The molecule has 21 heavy (non-hydrogen) atoms. The third kappa shape index (κ3) is 3.84. The number of hydrogen-bond acceptors (Lipinski definition) is 2. The van der Waals surface area contributed by atoms with Crippen molar-refractivity contribution in [1.29, 1.82) is 0 Å². The van der Waals surface area contributed by atoms with Gasteiger partial charge in [-0.15, -0.1) is 0 Å². The molecular weight excluding hydrogens is 331 g/mol. The van der Waals surface area contributed by atoms with E-state index in [0.717, 1.165) is 32.2 Å². The number of piperidine rings is 1. The van der Waals surface area contributed by atoms with Crippen LogP contribution in [0.5, 0.6) is 0 Å². The van der Waals surface area contributed by atoms with Crippen molar-refractivity contribution in [1.82, 2.24) is 5.32 Å². The number of rotatable bonds is 4. The van der Waals surface area contributed by atoms with Crippen LogP contribution in [-0.4, -0.2) is 19.0 Å². The molecule has 0 bridgehead atoms. The quantitative estimate of drug-likeness (QED) is 0.823. The molecule has 1 aliphatic rings.